The number of para-hydroxylation sites is 1. The highest BCUT2D eigenvalue weighted by Crippen LogP contribution is 2.34. The highest BCUT2D eigenvalue weighted by molar-refractivity contribution is 7.99. The van der Waals surface area contributed by atoms with Crippen LogP contribution in [-0.4, -0.2) is 35.7 Å². The molecule has 0 radical (unpaired) electrons. The molecule has 0 saturated heterocycles. The van der Waals surface area contributed by atoms with Gasteiger partial charge in [-0.3, -0.25) is 0 Å². The minimum atomic E-state index is -4.27. The van der Waals surface area contributed by atoms with Gasteiger partial charge in [0.1, 0.15) is 0 Å². The van der Waals surface area contributed by atoms with E-state index in [9.17, 15) is 18.0 Å². The number of alkyl halides is 3. The molecule has 0 heterocycles. The van der Waals surface area contributed by atoms with Gasteiger partial charge in [-0.15, -0.1) is 11.8 Å². The molecular formula is C15H19F3N2O2S. The Morgan fingerprint density at radius 1 is 1.35 bits per heavy atom. The van der Waals surface area contributed by atoms with E-state index in [2.05, 4.69) is 10.6 Å². The number of benzene rings is 1. The number of carbonyl (C=O) groups excluding carboxylic acids is 1. The lowest BCUT2D eigenvalue weighted by Gasteiger charge is -2.18. The highest BCUT2D eigenvalue weighted by Gasteiger charge is 2.32. The summed E-state index contributed by atoms with van der Waals surface area (Å²) in [4.78, 5) is 12.4. The second-order valence-corrected chi connectivity index (χ2v) is 6.47. The largest absolute Gasteiger partial charge is 0.398 e. The van der Waals surface area contributed by atoms with E-state index in [1.54, 1.807) is 18.2 Å². The molecule has 1 fully saturated rings. The summed E-state index contributed by atoms with van der Waals surface area (Å²) in [6.07, 6.45) is -1.76. The molecule has 1 unspecified atom stereocenters. The molecule has 0 bridgehead atoms. The number of halogens is 3. The molecule has 1 atom stereocenters. The average molecular weight is 348 g/mol. The number of thioether (sulfide) groups is 1. The fraction of sp³-hybridized carbons (Fsp3) is 0.533. The Morgan fingerprint density at radius 3 is 2.65 bits per heavy atom. The van der Waals surface area contributed by atoms with Gasteiger partial charge in [0, 0.05) is 17.5 Å². The van der Waals surface area contributed by atoms with Crippen LogP contribution in [-0.2, 0) is 0 Å². The van der Waals surface area contributed by atoms with Crippen molar-refractivity contribution in [3.8, 4) is 0 Å². The van der Waals surface area contributed by atoms with Crippen LogP contribution in [0.4, 0.5) is 23.7 Å². The van der Waals surface area contributed by atoms with Crippen LogP contribution in [0.3, 0.4) is 0 Å². The van der Waals surface area contributed by atoms with E-state index in [-0.39, 0.29) is 12.6 Å². The van der Waals surface area contributed by atoms with Gasteiger partial charge < -0.3 is 15.7 Å². The molecule has 0 aromatic heterocycles. The third kappa shape index (κ3) is 6.31. The van der Waals surface area contributed by atoms with Crippen LogP contribution in [0.2, 0.25) is 0 Å². The second-order valence-electron chi connectivity index (χ2n) is 5.45. The van der Waals surface area contributed by atoms with Crippen molar-refractivity contribution in [2.75, 3.05) is 17.7 Å². The number of amides is 2. The van der Waals surface area contributed by atoms with E-state index >= 15 is 0 Å². The topological polar surface area (TPSA) is 61.4 Å². The summed E-state index contributed by atoms with van der Waals surface area (Å²) in [7, 11) is 0. The molecule has 1 aliphatic rings. The summed E-state index contributed by atoms with van der Waals surface area (Å²) in [5, 5.41) is 14.4. The summed E-state index contributed by atoms with van der Waals surface area (Å²) in [6, 6.07) is 5.82. The Kier molecular flexibility index (Phi) is 6.17. The predicted octanol–water partition coefficient (Wildman–Crippen LogP) is 3.62. The maximum Gasteiger partial charge on any atom is 0.398 e. The molecule has 1 aromatic carbocycles. The molecule has 1 saturated carbocycles. The molecular weight excluding hydrogens is 329 g/mol. The number of nitrogens with one attached hydrogen (secondary N) is 2. The first-order valence-corrected chi connectivity index (χ1v) is 8.34. The number of carbonyl (C=O) groups is 1. The molecule has 8 heteroatoms. The van der Waals surface area contributed by atoms with Gasteiger partial charge in [0.25, 0.3) is 0 Å². The van der Waals surface area contributed by atoms with Crippen molar-refractivity contribution < 1.29 is 23.1 Å². The van der Waals surface area contributed by atoms with Gasteiger partial charge in [0.2, 0.25) is 0 Å². The minimum Gasteiger partial charge on any atom is -0.396 e. The van der Waals surface area contributed by atoms with Crippen LogP contribution in [0.5, 0.6) is 0 Å². The molecule has 1 aromatic rings. The summed E-state index contributed by atoms with van der Waals surface area (Å²) in [5.74, 6) is -0.634. The first kappa shape index (κ1) is 17.9. The number of rotatable bonds is 7. The zero-order chi connectivity index (χ0) is 16.9. The molecule has 2 amide bonds. The average Bonchev–Trinajstić information content (AvgIpc) is 3.29. The van der Waals surface area contributed by atoms with Crippen molar-refractivity contribution >= 4 is 23.5 Å². The van der Waals surface area contributed by atoms with Crippen LogP contribution in [0.15, 0.2) is 29.2 Å². The SMILES string of the molecule is O=C(Nc1ccccc1SCC(F)(F)F)NC(CCO)C1CC1. The number of hydrogen-bond acceptors (Lipinski definition) is 3. The van der Waals surface area contributed by atoms with Crippen molar-refractivity contribution in [2.24, 2.45) is 5.92 Å². The standard InChI is InChI=1S/C15H19F3N2O2S/c16-15(17,18)9-23-13-4-2-1-3-12(13)20-14(22)19-11(7-8-21)10-5-6-10/h1-4,10-11,21H,5-9H2,(H2,19,20,22). The minimum absolute atomic E-state index is 0.0144. The van der Waals surface area contributed by atoms with Crippen molar-refractivity contribution in [1.29, 1.82) is 0 Å². The van der Waals surface area contributed by atoms with E-state index < -0.39 is 18.0 Å². The quantitative estimate of drug-likeness (QED) is 0.660. The van der Waals surface area contributed by atoms with Crippen molar-refractivity contribution in [3.05, 3.63) is 24.3 Å². The van der Waals surface area contributed by atoms with E-state index in [0.717, 1.165) is 12.8 Å². The maximum absolute atomic E-state index is 12.3. The van der Waals surface area contributed by atoms with Crippen LogP contribution in [0.1, 0.15) is 19.3 Å². The normalized spacial score (nSPS) is 16.0. The first-order chi connectivity index (χ1) is 10.9. The Balaban J connectivity index is 1.94. The smallest absolute Gasteiger partial charge is 0.396 e. The molecule has 128 valence electrons. The van der Waals surface area contributed by atoms with Gasteiger partial charge >= 0.3 is 12.2 Å². The zero-order valence-corrected chi connectivity index (χ0v) is 13.2. The Bertz CT molecular complexity index is 536. The van der Waals surface area contributed by atoms with Gasteiger partial charge in [-0.25, -0.2) is 4.79 Å². The number of aliphatic hydroxyl groups is 1. The predicted molar refractivity (Wildman–Crippen MR) is 83.6 cm³/mol. The molecule has 0 aliphatic heterocycles. The zero-order valence-electron chi connectivity index (χ0n) is 12.4. The van der Waals surface area contributed by atoms with Gasteiger partial charge in [-0.1, -0.05) is 12.1 Å². The number of anilines is 1. The lowest BCUT2D eigenvalue weighted by molar-refractivity contribution is -0.105. The number of urea groups is 1. The van der Waals surface area contributed by atoms with Crippen LogP contribution >= 0.6 is 11.8 Å². The van der Waals surface area contributed by atoms with Crippen LogP contribution in [0.25, 0.3) is 0 Å². The fourth-order valence-corrected chi connectivity index (χ4v) is 3.01. The third-order valence-electron chi connectivity index (χ3n) is 3.47. The maximum atomic E-state index is 12.3. The van der Waals surface area contributed by atoms with Crippen LogP contribution < -0.4 is 10.6 Å². The van der Waals surface area contributed by atoms with E-state index in [1.807, 2.05) is 0 Å². The van der Waals surface area contributed by atoms with Crippen molar-refractivity contribution in [1.82, 2.24) is 5.32 Å². The van der Waals surface area contributed by atoms with Gasteiger partial charge in [0.15, 0.2) is 0 Å². The summed E-state index contributed by atoms with van der Waals surface area (Å²) in [6.45, 7) is -0.0144. The van der Waals surface area contributed by atoms with Crippen molar-refractivity contribution in [2.45, 2.75) is 36.4 Å². The van der Waals surface area contributed by atoms with E-state index in [1.165, 1.54) is 6.07 Å². The van der Waals surface area contributed by atoms with Gasteiger partial charge in [-0.2, -0.15) is 13.2 Å². The Morgan fingerprint density at radius 2 is 2.04 bits per heavy atom. The lowest BCUT2D eigenvalue weighted by Crippen LogP contribution is -2.40. The van der Waals surface area contributed by atoms with Gasteiger partial charge in [0.05, 0.1) is 11.4 Å². The number of aliphatic hydroxyl groups excluding tert-OH is 1. The summed E-state index contributed by atoms with van der Waals surface area (Å²) >= 11 is 0.636. The third-order valence-corrected chi connectivity index (χ3v) is 4.61. The van der Waals surface area contributed by atoms with Crippen LogP contribution in [0, 0.1) is 5.92 Å². The van der Waals surface area contributed by atoms with Crippen molar-refractivity contribution in [3.63, 3.8) is 0 Å². The molecule has 1 aliphatic carbocycles. The molecule has 23 heavy (non-hydrogen) atoms. The molecule has 3 N–H and O–H groups in total. The lowest BCUT2D eigenvalue weighted by atomic mass is 10.1. The molecule has 2 rings (SSSR count). The van der Waals surface area contributed by atoms with Gasteiger partial charge in [-0.05, 0) is 37.3 Å². The number of hydrogen-bond donors (Lipinski definition) is 3. The second kappa shape index (κ2) is 7.92. The Hall–Kier alpha value is -1.41. The molecule has 4 nitrogen and oxygen atoms in total. The monoisotopic (exact) mass is 348 g/mol. The summed E-state index contributed by atoms with van der Waals surface area (Å²) < 4.78 is 37.0. The molecule has 0 spiro atoms. The first-order valence-electron chi connectivity index (χ1n) is 7.36. The summed E-state index contributed by atoms with van der Waals surface area (Å²) in [5.41, 5.74) is 0.345. The fourth-order valence-electron chi connectivity index (χ4n) is 2.25. The highest BCUT2D eigenvalue weighted by atomic mass is 32.2. The Labute approximate surface area is 136 Å². The van der Waals surface area contributed by atoms with E-state index in [0.29, 0.717) is 34.7 Å². The van der Waals surface area contributed by atoms with E-state index in [4.69, 9.17) is 5.11 Å².